The second kappa shape index (κ2) is 5.32. The number of nitrogens with zero attached hydrogens (tertiary/aromatic N) is 2. The van der Waals surface area contributed by atoms with Gasteiger partial charge in [-0.1, -0.05) is 5.16 Å². The van der Waals surface area contributed by atoms with Crippen molar-refractivity contribution in [3.8, 4) is 0 Å². The maximum absolute atomic E-state index is 11.6. The molecule has 1 aliphatic rings. The lowest BCUT2D eigenvalue weighted by Gasteiger charge is -2.35. The average Bonchev–Trinajstić information content (AvgIpc) is 2.36. The van der Waals surface area contributed by atoms with Crippen molar-refractivity contribution in [1.82, 2.24) is 0 Å². The van der Waals surface area contributed by atoms with E-state index in [1.165, 1.54) is 0 Å². The van der Waals surface area contributed by atoms with Crippen LogP contribution in [0.25, 0.3) is 0 Å². The number of sulfone groups is 1. The van der Waals surface area contributed by atoms with Gasteiger partial charge in [-0.3, -0.25) is 0 Å². The van der Waals surface area contributed by atoms with Gasteiger partial charge in [-0.25, -0.2) is 8.42 Å². The van der Waals surface area contributed by atoms with Gasteiger partial charge in [0.25, 0.3) is 0 Å². The Kier molecular flexibility index (Phi) is 3.89. The standard InChI is InChI=1S/C13H19N3O3S/c1-9-7-11(3-4-12(9)13(14)15-17)16-5-6-20(18,19)8-10(16)2/h3-4,7,10,17H,5-6,8H2,1-2H3,(H2,14,15). The summed E-state index contributed by atoms with van der Waals surface area (Å²) in [7, 11) is -2.92. The summed E-state index contributed by atoms with van der Waals surface area (Å²) in [5.41, 5.74) is 8.11. The molecule has 1 fully saturated rings. The van der Waals surface area contributed by atoms with Gasteiger partial charge in [0, 0.05) is 23.8 Å². The quantitative estimate of drug-likeness (QED) is 0.363. The van der Waals surface area contributed by atoms with Gasteiger partial charge in [-0.15, -0.1) is 0 Å². The van der Waals surface area contributed by atoms with Crippen LogP contribution in [0.15, 0.2) is 23.4 Å². The Hall–Kier alpha value is -1.76. The van der Waals surface area contributed by atoms with Crippen LogP contribution in [-0.2, 0) is 9.84 Å². The van der Waals surface area contributed by atoms with Gasteiger partial charge in [0.05, 0.1) is 11.5 Å². The molecule has 7 heteroatoms. The number of nitrogens with two attached hydrogens (primary N) is 1. The molecule has 1 aliphatic heterocycles. The number of aryl methyl sites for hydroxylation is 1. The van der Waals surface area contributed by atoms with Crippen LogP contribution in [0, 0.1) is 6.92 Å². The van der Waals surface area contributed by atoms with Crippen molar-refractivity contribution in [3.05, 3.63) is 29.3 Å². The molecule has 20 heavy (non-hydrogen) atoms. The second-order valence-corrected chi connectivity index (χ2v) is 7.37. The van der Waals surface area contributed by atoms with Crippen LogP contribution in [0.5, 0.6) is 0 Å². The minimum Gasteiger partial charge on any atom is -0.409 e. The summed E-state index contributed by atoms with van der Waals surface area (Å²) in [4.78, 5) is 2.07. The molecule has 0 aliphatic carbocycles. The first-order valence-electron chi connectivity index (χ1n) is 6.39. The summed E-state index contributed by atoms with van der Waals surface area (Å²) < 4.78 is 23.2. The zero-order valence-corrected chi connectivity index (χ0v) is 12.4. The van der Waals surface area contributed by atoms with Crippen LogP contribution in [-0.4, -0.2) is 43.6 Å². The van der Waals surface area contributed by atoms with Crippen molar-refractivity contribution in [2.24, 2.45) is 10.9 Å². The molecule has 0 aromatic heterocycles. The predicted octanol–water partition coefficient (Wildman–Crippen LogP) is 0.713. The zero-order chi connectivity index (χ0) is 14.9. The van der Waals surface area contributed by atoms with E-state index in [0.29, 0.717) is 12.1 Å². The first kappa shape index (κ1) is 14.6. The highest BCUT2D eigenvalue weighted by Crippen LogP contribution is 2.24. The number of oxime groups is 1. The minimum atomic E-state index is -2.92. The minimum absolute atomic E-state index is 0.0529. The van der Waals surface area contributed by atoms with Gasteiger partial charge in [0.15, 0.2) is 15.7 Å². The lowest BCUT2D eigenvalue weighted by molar-refractivity contribution is 0.318. The Balaban J connectivity index is 2.29. The van der Waals surface area contributed by atoms with Crippen LogP contribution in [0.1, 0.15) is 18.1 Å². The SMILES string of the molecule is Cc1cc(N2CCS(=O)(=O)CC2C)ccc1/C(N)=N/O. The molecule has 1 atom stereocenters. The smallest absolute Gasteiger partial charge is 0.170 e. The molecule has 3 N–H and O–H groups in total. The molecule has 6 nitrogen and oxygen atoms in total. The topological polar surface area (TPSA) is 96.0 Å². The molecule has 2 rings (SSSR count). The first-order chi connectivity index (χ1) is 9.34. The molecule has 110 valence electrons. The van der Waals surface area contributed by atoms with Gasteiger partial charge >= 0.3 is 0 Å². The van der Waals surface area contributed by atoms with Crippen LogP contribution < -0.4 is 10.6 Å². The van der Waals surface area contributed by atoms with Crippen LogP contribution in [0.4, 0.5) is 5.69 Å². The molecular formula is C13H19N3O3S. The van der Waals surface area contributed by atoms with Gasteiger partial charge < -0.3 is 15.8 Å². The highest BCUT2D eigenvalue weighted by Gasteiger charge is 2.28. The van der Waals surface area contributed by atoms with E-state index in [9.17, 15) is 8.42 Å². The Labute approximate surface area is 118 Å². The fourth-order valence-electron chi connectivity index (χ4n) is 2.55. The number of rotatable bonds is 2. The molecule has 1 aromatic rings. The maximum Gasteiger partial charge on any atom is 0.170 e. The molecule has 1 unspecified atom stereocenters. The fraction of sp³-hybridized carbons (Fsp3) is 0.462. The van der Waals surface area contributed by atoms with Crippen molar-refractivity contribution in [1.29, 1.82) is 0 Å². The predicted molar refractivity (Wildman–Crippen MR) is 79.2 cm³/mol. The number of hydrogen-bond donors (Lipinski definition) is 2. The summed E-state index contributed by atoms with van der Waals surface area (Å²) >= 11 is 0. The highest BCUT2D eigenvalue weighted by atomic mass is 32.2. The largest absolute Gasteiger partial charge is 0.409 e. The van der Waals surface area contributed by atoms with E-state index >= 15 is 0 Å². The van der Waals surface area contributed by atoms with Crippen LogP contribution >= 0.6 is 0 Å². The van der Waals surface area contributed by atoms with E-state index in [0.717, 1.165) is 11.3 Å². The van der Waals surface area contributed by atoms with E-state index in [4.69, 9.17) is 10.9 Å². The van der Waals surface area contributed by atoms with Crippen LogP contribution in [0.2, 0.25) is 0 Å². The summed E-state index contributed by atoms with van der Waals surface area (Å²) in [6.07, 6.45) is 0. The van der Waals surface area contributed by atoms with Gasteiger partial charge in [-0.05, 0) is 37.6 Å². The first-order valence-corrected chi connectivity index (χ1v) is 8.22. The van der Waals surface area contributed by atoms with E-state index in [-0.39, 0.29) is 23.4 Å². The van der Waals surface area contributed by atoms with Crippen molar-refractivity contribution in [3.63, 3.8) is 0 Å². The molecule has 1 saturated heterocycles. The highest BCUT2D eigenvalue weighted by molar-refractivity contribution is 7.91. The number of hydrogen-bond acceptors (Lipinski definition) is 5. The Morgan fingerprint density at radius 2 is 2.20 bits per heavy atom. The Bertz CT molecular complexity index is 640. The van der Waals surface area contributed by atoms with E-state index < -0.39 is 9.84 Å². The lowest BCUT2D eigenvalue weighted by Crippen LogP contribution is -2.47. The van der Waals surface area contributed by atoms with Crippen molar-refractivity contribution >= 4 is 21.4 Å². The molecule has 1 heterocycles. The lowest BCUT2D eigenvalue weighted by atomic mass is 10.1. The van der Waals surface area contributed by atoms with Crippen molar-refractivity contribution in [2.75, 3.05) is 23.0 Å². The Morgan fingerprint density at radius 1 is 1.50 bits per heavy atom. The molecule has 1 aromatic carbocycles. The van der Waals surface area contributed by atoms with Crippen molar-refractivity contribution < 1.29 is 13.6 Å². The molecule has 0 bridgehead atoms. The number of benzene rings is 1. The molecule has 0 radical (unpaired) electrons. The van der Waals surface area contributed by atoms with Gasteiger partial charge in [0.1, 0.15) is 0 Å². The monoisotopic (exact) mass is 297 g/mol. The number of anilines is 1. The Morgan fingerprint density at radius 3 is 2.75 bits per heavy atom. The normalized spacial score (nSPS) is 22.8. The third kappa shape index (κ3) is 2.87. The van der Waals surface area contributed by atoms with E-state index in [2.05, 4.69) is 10.1 Å². The molecule has 0 amide bonds. The van der Waals surface area contributed by atoms with Gasteiger partial charge in [-0.2, -0.15) is 0 Å². The van der Waals surface area contributed by atoms with Gasteiger partial charge in [0.2, 0.25) is 0 Å². The molecule has 0 spiro atoms. The third-order valence-electron chi connectivity index (χ3n) is 3.60. The molecule has 0 saturated carbocycles. The fourth-order valence-corrected chi connectivity index (χ4v) is 4.11. The maximum atomic E-state index is 11.6. The zero-order valence-electron chi connectivity index (χ0n) is 11.6. The summed E-state index contributed by atoms with van der Waals surface area (Å²) in [6, 6.07) is 5.54. The van der Waals surface area contributed by atoms with Crippen molar-refractivity contribution in [2.45, 2.75) is 19.9 Å². The summed E-state index contributed by atoms with van der Waals surface area (Å²) in [5.74, 6) is 0.426. The second-order valence-electron chi connectivity index (χ2n) is 5.14. The average molecular weight is 297 g/mol. The summed E-state index contributed by atoms with van der Waals surface area (Å²) in [6.45, 7) is 4.28. The summed E-state index contributed by atoms with van der Waals surface area (Å²) in [5, 5.41) is 11.7. The van der Waals surface area contributed by atoms with E-state index in [1.807, 2.05) is 26.0 Å². The number of amidine groups is 1. The third-order valence-corrected chi connectivity index (χ3v) is 5.39. The van der Waals surface area contributed by atoms with E-state index in [1.54, 1.807) is 6.07 Å². The van der Waals surface area contributed by atoms with Crippen LogP contribution in [0.3, 0.4) is 0 Å². The molecular weight excluding hydrogens is 278 g/mol.